The third-order valence-corrected chi connectivity index (χ3v) is 3.32. The first-order chi connectivity index (χ1) is 8.02. The van der Waals surface area contributed by atoms with Crippen molar-refractivity contribution in [1.29, 1.82) is 0 Å². The SMILES string of the molecule is CC(OCC(=O)N(C)C1CCCCC1)C(=O)O. The molecule has 0 saturated heterocycles. The van der Waals surface area contributed by atoms with E-state index in [4.69, 9.17) is 9.84 Å². The molecule has 17 heavy (non-hydrogen) atoms. The average Bonchev–Trinajstić information content (AvgIpc) is 2.35. The van der Waals surface area contributed by atoms with Crippen molar-refractivity contribution in [2.45, 2.75) is 51.2 Å². The van der Waals surface area contributed by atoms with Crippen LogP contribution in [0.3, 0.4) is 0 Å². The maximum atomic E-state index is 11.8. The molecular formula is C12H21NO4. The lowest BCUT2D eigenvalue weighted by molar-refractivity contribution is -0.153. The minimum Gasteiger partial charge on any atom is -0.479 e. The molecule has 0 aliphatic heterocycles. The van der Waals surface area contributed by atoms with E-state index in [0.717, 1.165) is 25.7 Å². The first-order valence-corrected chi connectivity index (χ1v) is 6.12. The number of hydrogen-bond acceptors (Lipinski definition) is 3. The smallest absolute Gasteiger partial charge is 0.332 e. The molecule has 1 N–H and O–H groups in total. The molecule has 1 aliphatic carbocycles. The van der Waals surface area contributed by atoms with Gasteiger partial charge in [0, 0.05) is 13.1 Å². The van der Waals surface area contributed by atoms with Crippen LogP contribution in [0.15, 0.2) is 0 Å². The summed E-state index contributed by atoms with van der Waals surface area (Å²) in [6.07, 6.45) is 4.71. The molecule has 1 saturated carbocycles. The number of carbonyl (C=O) groups excluding carboxylic acids is 1. The second-order valence-electron chi connectivity index (χ2n) is 4.59. The number of ether oxygens (including phenoxy) is 1. The molecule has 1 fully saturated rings. The van der Waals surface area contributed by atoms with Crippen LogP contribution in [0.4, 0.5) is 0 Å². The predicted molar refractivity (Wildman–Crippen MR) is 62.7 cm³/mol. The molecule has 0 aromatic carbocycles. The molecule has 5 nitrogen and oxygen atoms in total. The van der Waals surface area contributed by atoms with Gasteiger partial charge in [0.1, 0.15) is 6.61 Å². The van der Waals surface area contributed by atoms with Gasteiger partial charge >= 0.3 is 5.97 Å². The third-order valence-electron chi connectivity index (χ3n) is 3.32. The van der Waals surface area contributed by atoms with E-state index in [1.54, 1.807) is 11.9 Å². The number of likely N-dealkylation sites (N-methyl/N-ethyl adjacent to an activating group) is 1. The summed E-state index contributed by atoms with van der Waals surface area (Å²) in [6, 6.07) is 0.292. The van der Waals surface area contributed by atoms with Crippen molar-refractivity contribution in [1.82, 2.24) is 4.90 Å². The van der Waals surface area contributed by atoms with Crippen LogP contribution in [-0.4, -0.2) is 47.7 Å². The van der Waals surface area contributed by atoms with Gasteiger partial charge in [0.2, 0.25) is 5.91 Å². The molecule has 5 heteroatoms. The van der Waals surface area contributed by atoms with Gasteiger partial charge in [0.05, 0.1) is 0 Å². The molecule has 0 radical (unpaired) electrons. The molecule has 0 aromatic rings. The summed E-state index contributed by atoms with van der Waals surface area (Å²) in [7, 11) is 1.77. The number of amides is 1. The average molecular weight is 243 g/mol. The molecule has 1 aliphatic rings. The van der Waals surface area contributed by atoms with Gasteiger partial charge < -0.3 is 14.7 Å². The van der Waals surface area contributed by atoms with Crippen LogP contribution in [-0.2, 0) is 14.3 Å². The van der Waals surface area contributed by atoms with Crippen molar-refractivity contribution in [2.75, 3.05) is 13.7 Å². The van der Waals surface area contributed by atoms with Gasteiger partial charge in [0.25, 0.3) is 0 Å². The highest BCUT2D eigenvalue weighted by atomic mass is 16.5. The Kier molecular flexibility index (Phi) is 5.41. The monoisotopic (exact) mass is 243 g/mol. The largest absolute Gasteiger partial charge is 0.479 e. The Morgan fingerprint density at radius 1 is 1.35 bits per heavy atom. The topological polar surface area (TPSA) is 66.8 Å². The summed E-state index contributed by atoms with van der Waals surface area (Å²) in [5, 5.41) is 8.63. The number of carboxylic acid groups (broad SMARTS) is 1. The lowest BCUT2D eigenvalue weighted by Crippen LogP contribution is -2.41. The van der Waals surface area contributed by atoms with Crippen LogP contribution in [0.2, 0.25) is 0 Å². The summed E-state index contributed by atoms with van der Waals surface area (Å²) in [4.78, 5) is 24.0. The molecule has 1 unspecified atom stereocenters. The summed E-state index contributed by atoms with van der Waals surface area (Å²) in [5.74, 6) is -1.18. The Morgan fingerprint density at radius 3 is 2.47 bits per heavy atom. The molecular weight excluding hydrogens is 222 g/mol. The molecule has 0 bridgehead atoms. The first-order valence-electron chi connectivity index (χ1n) is 6.12. The second kappa shape index (κ2) is 6.59. The Labute approximate surface area is 102 Å². The van der Waals surface area contributed by atoms with E-state index >= 15 is 0 Å². The maximum Gasteiger partial charge on any atom is 0.332 e. The van der Waals surface area contributed by atoms with Gasteiger partial charge in [-0.3, -0.25) is 4.79 Å². The van der Waals surface area contributed by atoms with E-state index in [9.17, 15) is 9.59 Å². The van der Waals surface area contributed by atoms with Crippen molar-refractivity contribution < 1.29 is 19.4 Å². The fourth-order valence-electron chi connectivity index (χ4n) is 2.04. The Balaban J connectivity index is 2.33. The van der Waals surface area contributed by atoms with E-state index in [1.165, 1.54) is 13.3 Å². The molecule has 1 rings (SSSR count). The van der Waals surface area contributed by atoms with Crippen LogP contribution in [0.5, 0.6) is 0 Å². The second-order valence-corrected chi connectivity index (χ2v) is 4.59. The molecule has 0 heterocycles. The Hall–Kier alpha value is -1.10. The Bertz CT molecular complexity index is 274. The fourth-order valence-corrected chi connectivity index (χ4v) is 2.04. The van der Waals surface area contributed by atoms with Crippen molar-refractivity contribution in [3.63, 3.8) is 0 Å². The van der Waals surface area contributed by atoms with E-state index in [2.05, 4.69) is 0 Å². The van der Waals surface area contributed by atoms with Gasteiger partial charge in [0.15, 0.2) is 6.10 Å². The van der Waals surface area contributed by atoms with Gasteiger partial charge in [-0.15, -0.1) is 0 Å². The van der Waals surface area contributed by atoms with Crippen molar-refractivity contribution in [3.8, 4) is 0 Å². The molecule has 1 atom stereocenters. The van der Waals surface area contributed by atoms with Gasteiger partial charge in [-0.1, -0.05) is 19.3 Å². The number of aliphatic carboxylic acids is 1. The van der Waals surface area contributed by atoms with Gasteiger partial charge in [-0.05, 0) is 19.8 Å². The quantitative estimate of drug-likeness (QED) is 0.789. The lowest BCUT2D eigenvalue weighted by atomic mass is 9.94. The zero-order valence-electron chi connectivity index (χ0n) is 10.5. The van der Waals surface area contributed by atoms with E-state index in [1.807, 2.05) is 0 Å². The number of carbonyl (C=O) groups is 2. The normalized spacial score (nSPS) is 18.7. The maximum absolute atomic E-state index is 11.8. The zero-order chi connectivity index (χ0) is 12.8. The summed E-state index contributed by atoms with van der Waals surface area (Å²) >= 11 is 0. The highest BCUT2D eigenvalue weighted by Crippen LogP contribution is 2.21. The standard InChI is InChI=1S/C12H21NO4/c1-9(12(15)16)17-8-11(14)13(2)10-6-4-3-5-7-10/h9-10H,3-8H2,1-2H3,(H,15,16). The minimum atomic E-state index is -1.04. The molecule has 0 spiro atoms. The van der Waals surface area contributed by atoms with Crippen molar-refractivity contribution in [2.24, 2.45) is 0 Å². The van der Waals surface area contributed by atoms with Crippen LogP contribution in [0.1, 0.15) is 39.0 Å². The number of nitrogens with zero attached hydrogens (tertiary/aromatic N) is 1. The lowest BCUT2D eigenvalue weighted by Gasteiger charge is -2.31. The zero-order valence-corrected chi connectivity index (χ0v) is 10.5. The molecule has 1 amide bonds. The fraction of sp³-hybridized carbons (Fsp3) is 0.833. The number of hydrogen-bond donors (Lipinski definition) is 1. The van der Waals surface area contributed by atoms with E-state index in [-0.39, 0.29) is 12.5 Å². The minimum absolute atomic E-state index is 0.134. The van der Waals surface area contributed by atoms with Crippen LogP contribution >= 0.6 is 0 Å². The molecule has 0 aromatic heterocycles. The van der Waals surface area contributed by atoms with Gasteiger partial charge in [-0.25, -0.2) is 4.79 Å². The molecule has 98 valence electrons. The summed E-state index contributed by atoms with van der Waals surface area (Å²) in [5.41, 5.74) is 0. The highest BCUT2D eigenvalue weighted by molar-refractivity contribution is 5.78. The van der Waals surface area contributed by atoms with E-state index in [0.29, 0.717) is 6.04 Å². The highest BCUT2D eigenvalue weighted by Gasteiger charge is 2.23. The van der Waals surface area contributed by atoms with Crippen LogP contribution in [0.25, 0.3) is 0 Å². The number of carboxylic acids is 1. The van der Waals surface area contributed by atoms with Gasteiger partial charge in [-0.2, -0.15) is 0 Å². The summed E-state index contributed by atoms with van der Waals surface area (Å²) in [6.45, 7) is 1.27. The van der Waals surface area contributed by atoms with E-state index < -0.39 is 12.1 Å². The predicted octanol–water partition coefficient (Wildman–Crippen LogP) is 1.27. The summed E-state index contributed by atoms with van der Waals surface area (Å²) < 4.78 is 4.99. The van der Waals surface area contributed by atoms with Crippen molar-refractivity contribution >= 4 is 11.9 Å². The Morgan fingerprint density at radius 2 is 1.94 bits per heavy atom. The van der Waals surface area contributed by atoms with Crippen LogP contribution < -0.4 is 0 Å². The first kappa shape index (κ1) is 14.0. The van der Waals surface area contributed by atoms with Crippen molar-refractivity contribution in [3.05, 3.63) is 0 Å². The number of rotatable bonds is 5. The van der Waals surface area contributed by atoms with Crippen LogP contribution in [0, 0.1) is 0 Å². The third kappa shape index (κ3) is 4.34.